The van der Waals surface area contributed by atoms with E-state index in [1.165, 1.54) is 6.39 Å². The molecule has 0 radical (unpaired) electrons. The van der Waals surface area contributed by atoms with Crippen LogP contribution in [-0.2, 0) is 16.8 Å². The average Bonchev–Trinajstić information content (AvgIpc) is 3.26. The van der Waals surface area contributed by atoms with Gasteiger partial charge in [0.1, 0.15) is 5.76 Å². The molecule has 0 atom stereocenters. The van der Waals surface area contributed by atoms with Gasteiger partial charge in [-0.05, 0) is 32.6 Å². The number of rotatable bonds is 2. The smallest absolute Gasteiger partial charge is 0.276 e. The highest BCUT2D eigenvalue weighted by Gasteiger charge is 2.51. The van der Waals surface area contributed by atoms with Crippen molar-refractivity contribution < 1.29 is 14.0 Å². The van der Waals surface area contributed by atoms with Gasteiger partial charge in [-0.3, -0.25) is 9.59 Å². The molecule has 5 rings (SSSR count). The number of likely N-dealkylation sites (tertiary alicyclic amines) is 1. The second-order valence-corrected chi connectivity index (χ2v) is 7.82. The molecule has 2 amide bonds. The Labute approximate surface area is 157 Å². The number of carbonyl (C=O) groups is 2. The number of piperidine rings is 1. The van der Waals surface area contributed by atoms with Gasteiger partial charge in [-0.1, -0.05) is 0 Å². The van der Waals surface area contributed by atoms with Crippen molar-refractivity contribution >= 4 is 11.8 Å². The Morgan fingerprint density at radius 1 is 1.22 bits per heavy atom. The molecule has 27 heavy (non-hydrogen) atoms. The molecule has 2 fully saturated rings. The van der Waals surface area contributed by atoms with Crippen molar-refractivity contribution in [3.63, 3.8) is 0 Å². The highest BCUT2D eigenvalue weighted by molar-refractivity contribution is 5.93. The topological polar surface area (TPSA) is 95.3 Å². The van der Waals surface area contributed by atoms with Crippen LogP contribution in [0.2, 0.25) is 0 Å². The SMILES string of the molecule is Cc1ocnc1C(=O)N1CCC2(CC1)c1nc[nH]c1CCN2C(=O)C1CC1. The lowest BCUT2D eigenvalue weighted by Gasteiger charge is -2.50. The Bertz CT molecular complexity index is 889. The Morgan fingerprint density at radius 2 is 2.00 bits per heavy atom. The molecule has 2 aliphatic heterocycles. The maximum Gasteiger partial charge on any atom is 0.276 e. The minimum Gasteiger partial charge on any atom is -0.448 e. The van der Waals surface area contributed by atoms with Crippen molar-refractivity contribution in [2.24, 2.45) is 5.92 Å². The molecule has 1 N–H and O–H groups in total. The first-order valence-electron chi connectivity index (χ1n) is 9.64. The van der Waals surface area contributed by atoms with Crippen LogP contribution in [0.25, 0.3) is 0 Å². The third-order valence-electron chi connectivity index (χ3n) is 6.28. The van der Waals surface area contributed by atoms with Crippen LogP contribution in [0.4, 0.5) is 0 Å². The predicted octanol–water partition coefficient (Wildman–Crippen LogP) is 1.63. The third kappa shape index (κ3) is 2.49. The number of amides is 2. The lowest BCUT2D eigenvalue weighted by molar-refractivity contribution is -0.143. The zero-order valence-corrected chi connectivity index (χ0v) is 15.4. The van der Waals surface area contributed by atoms with Gasteiger partial charge in [0, 0.05) is 37.7 Å². The van der Waals surface area contributed by atoms with Gasteiger partial charge in [-0.15, -0.1) is 0 Å². The number of hydrogen-bond donors (Lipinski definition) is 1. The molecule has 1 aliphatic carbocycles. The Kier molecular flexibility index (Phi) is 3.63. The molecule has 0 unspecified atom stereocenters. The van der Waals surface area contributed by atoms with E-state index in [1.807, 2.05) is 4.90 Å². The lowest BCUT2D eigenvalue weighted by atomic mass is 9.78. The zero-order valence-electron chi connectivity index (χ0n) is 15.4. The van der Waals surface area contributed by atoms with Crippen molar-refractivity contribution in [1.29, 1.82) is 0 Å². The summed E-state index contributed by atoms with van der Waals surface area (Å²) in [6.07, 6.45) is 7.24. The van der Waals surface area contributed by atoms with E-state index < -0.39 is 5.54 Å². The molecule has 4 heterocycles. The van der Waals surface area contributed by atoms with Crippen molar-refractivity contribution in [3.8, 4) is 0 Å². The molecule has 1 saturated heterocycles. The lowest BCUT2D eigenvalue weighted by Crippen LogP contribution is -2.59. The molecular formula is C19H23N5O3. The second-order valence-electron chi connectivity index (χ2n) is 7.82. The number of aromatic nitrogens is 3. The van der Waals surface area contributed by atoms with Gasteiger partial charge in [0.05, 0.1) is 17.6 Å². The molecule has 0 bridgehead atoms. The van der Waals surface area contributed by atoms with E-state index in [-0.39, 0.29) is 17.7 Å². The van der Waals surface area contributed by atoms with E-state index in [4.69, 9.17) is 4.42 Å². The molecule has 2 aromatic rings. The van der Waals surface area contributed by atoms with Gasteiger partial charge in [0.25, 0.3) is 5.91 Å². The van der Waals surface area contributed by atoms with Crippen LogP contribution in [0, 0.1) is 12.8 Å². The summed E-state index contributed by atoms with van der Waals surface area (Å²) in [6.45, 7) is 3.62. The van der Waals surface area contributed by atoms with Gasteiger partial charge in [0.15, 0.2) is 12.1 Å². The number of aryl methyl sites for hydroxylation is 1. The van der Waals surface area contributed by atoms with Crippen LogP contribution < -0.4 is 0 Å². The van der Waals surface area contributed by atoms with Gasteiger partial charge in [-0.25, -0.2) is 9.97 Å². The number of H-pyrrole nitrogens is 1. The highest BCUT2D eigenvalue weighted by atomic mass is 16.3. The summed E-state index contributed by atoms with van der Waals surface area (Å²) in [5.74, 6) is 0.878. The molecule has 142 valence electrons. The molecule has 8 heteroatoms. The molecule has 3 aliphatic rings. The number of nitrogens with zero attached hydrogens (tertiary/aromatic N) is 4. The van der Waals surface area contributed by atoms with E-state index in [1.54, 1.807) is 13.3 Å². The van der Waals surface area contributed by atoms with Crippen molar-refractivity contribution in [3.05, 3.63) is 35.6 Å². The predicted molar refractivity (Wildman–Crippen MR) is 94.8 cm³/mol. The fraction of sp³-hybridized carbons (Fsp3) is 0.579. The summed E-state index contributed by atoms with van der Waals surface area (Å²) in [4.78, 5) is 41.6. The van der Waals surface area contributed by atoms with Crippen LogP contribution in [0.5, 0.6) is 0 Å². The van der Waals surface area contributed by atoms with E-state index in [9.17, 15) is 9.59 Å². The molecule has 1 saturated carbocycles. The average molecular weight is 369 g/mol. The van der Waals surface area contributed by atoms with E-state index >= 15 is 0 Å². The van der Waals surface area contributed by atoms with Gasteiger partial charge in [-0.2, -0.15) is 0 Å². The number of aromatic amines is 1. The fourth-order valence-electron chi connectivity index (χ4n) is 4.60. The first-order chi connectivity index (χ1) is 13.1. The number of carbonyl (C=O) groups excluding carboxylic acids is 2. The summed E-state index contributed by atoms with van der Waals surface area (Å²) in [5, 5.41) is 0. The van der Waals surface area contributed by atoms with Crippen LogP contribution in [0.3, 0.4) is 0 Å². The largest absolute Gasteiger partial charge is 0.448 e. The Morgan fingerprint density at radius 3 is 2.67 bits per heavy atom. The summed E-state index contributed by atoms with van der Waals surface area (Å²) in [5.41, 5.74) is 2.10. The third-order valence-corrected chi connectivity index (χ3v) is 6.28. The highest BCUT2D eigenvalue weighted by Crippen LogP contribution is 2.45. The minimum absolute atomic E-state index is 0.103. The Balaban J connectivity index is 1.42. The van der Waals surface area contributed by atoms with E-state index in [0.29, 0.717) is 37.4 Å². The van der Waals surface area contributed by atoms with Crippen molar-refractivity contribution in [2.75, 3.05) is 19.6 Å². The van der Waals surface area contributed by atoms with Crippen LogP contribution >= 0.6 is 0 Å². The summed E-state index contributed by atoms with van der Waals surface area (Å²) in [6, 6.07) is 0. The quantitative estimate of drug-likeness (QED) is 0.868. The van der Waals surface area contributed by atoms with Crippen LogP contribution in [-0.4, -0.2) is 56.2 Å². The maximum atomic E-state index is 13.0. The van der Waals surface area contributed by atoms with Gasteiger partial charge >= 0.3 is 0 Å². The minimum atomic E-state index is -0.400. The van der Waals surface area contributed by atoms with Gasteiger partial charge < -0.3 is 19.2 Å². The van der Waals surface area contributed by atoms with Crippen LogP contribution in [0.15, 0.2) is 17.1 Å². The summed E-state index contributed by atoms with van der Waals surface area (Å²) in [7, 11) is 0. The Hall–Kier alpha value is -2.64. The number of hydrogen-bond acceptors (Lipinski definition) is 5. The zero-order chi connectivity index (χ0) is 18.6. The normalized spacial score (nSPS) is 21.4. The second kappa shape index (κ2) is 5.94. The number of fused-ring (bicyclic) bond motifs is 2. The van der Waals surface area contributed by atoms with Crippen LogP contribution in [0.1, 0.15) is 53.3 Å². The fourth-order valence-corrected chi connectivity index (χ4v) is 4.60. The number of nitrogens with one attached hydrogen (secondary N) is 1. The summed E-state index contributed by atoms with van der Waals surface area (Å²) >= 11 is 0. The molecular weight excluding hydrogens is 346 g/mol. The first-order valence-corrected chi connectivity index (χ1v) is 9.64. The standard InChI is InChI=1S/C19H23N5O3/c1-12-15(22-11-27-12)18(26)23-8-5-19(6-9-23)16-14(20-10-21-16)4-7-24(19)17(25)13-2-3-13/h10-11,13H,2-9H2,1H3,(H,20,21). The molecule has 2 aromatic heterocycles. The number of imidazole rings is 1. The number of oxazole rings is 1. The molecule has 1 spiro atoms. The van der Waals surface area contributed by atoms with Gasteiger partial charge in [0.2, 0.25) is 5.91 Å². The maximum absolute atomic E-state index is 13.0. The van der Waals surface area contributed by atoms with E-state index in [0.717, 1.165) is 37.2 Å². The van der Waals surface area contributed by atoms with Crippen molar-refractivity contribution in [2.45, 2.75) is 44.6 Å². The van der Waals surface area contributed by atoms with E-state index in [2.05, 4.69) is 19.9 Å². The first kappa shape index (κ1) is 16.5. The molecule has 8 nitrogen and oxygen atoms in total. The monoisotopic (exact) mass is 369 g/mol. The summed E-state index contributed by atoms with van der Waals surface area (Å²) < 4.78 is 5.18. The molecule has 0 aromatic carbocycles. The van der Waals surface area contributed by atoms with Crippen molar-refractivity contribution in [1.82, 2.24) is 24.8 Å².